The zero-order valence-corrected chi connectivity index (χ0v) is 23.8. The number of carbonyl (C=O) groups excluding carboxylic acids is 3. The van der Waals surface area contributed by atoms with Crippen LogP contribution in [0.4, 0.5) is 0 Å². The summed E-state index contributed by atoms with van der Waals surface area (Å²) in [4.78, 5) is 42.1. The van der Waals surface area contributed by atoms with Gasteiger partial charge in [0, 0.05) is 18.5 Å². The average Bonchev–Trinajstić information content (AvgIpc) is 3.33. The lowest BCUT2D eigenvalue weighted by Crippen LogP contribution is -2.30. The van der Waals surface area contributed by atoms with Crippen LogP contribution < -0.4 is 5.32 Å². The van der Waals surface area contributed by atoms with Crippen LogP contribution in [0.2, 0.25) is 0 Å². The Morgan fingerprint density at radius 3 is 2.65 bits per heavy atom. The molecule has 40 heavy (non-hydrogen) atoms. The monoisotopic (exact) mass is 537 g/mol. The van der Waals surface area contributed by atoms with Gasteiger partial charge in [-0.05, 0) is 66.5 Å². The zero-order chi connectivity index (χ0) is 28.5. The van der Waals surface area contributed by atoms with Crippen molar-refractivity contribution in [3.63, 3.8) is 0 Å². The summed E-state index contributed by atoms with van der Waals surface area (Å²) in [6.07, 6.45) is 14.4. The standard InChI is InChI=1S/C34H39N3O3/c1-4-5-17-31-34(32(39)19-8-11-25(3)38)37(23-35-31)22-33(40)36-30-18-10-14-27(21-20-24(30)2)29-16-9-13-26-12-6-7-15-28(26)29/h6-7,9-10,12-16,18,21,23-24H,4-5,8,11,17,19-20,22H2,1-3H3,(H,36,40)/b14-10-,27-21-,30-18+. The molecule has 1 unspecified atom stereocenters. The van der Waals surface area contributed by atoms with Gasteiger partial charge in [-0.15, -0.1) is 0 Å². The maximum atomic E-state index is 13.2. The maximum Gasteiger partial charge on any atom is 0.244 e. The molecule has 4 rings (SSSR count). The highest BCUT2D eigenvalue weighted by molar-refractivity contribution is 5.97. The average molecular weight is 538 g/mol. The molecule has 1 heterocycles. The van der Waals surface area contributed by atoms with E-state index in [0.29, 0.717) is 25.0 Å². The highest BCUT2D eigenvalue weighted by atomic mass is 16.2. The van der Waals surface area contributed by atoms with E-state index in [1.54, 1.807) is 10.9 Å². The molecule has 0 saturated carbocycles. The van der Waals surface area contributed by atoms with Crippen molar-refractivity contribution in [2.75, 3.05) is 0 Å². The number of imidazole rings is 1. The number of amides is 1. The molecule has 0 aliphatic heterocycles. The van der Waals surface area contributed by atoms with Crippen LogP contribution in [-0.2, 0) is 22.6 Å². The third-order valence-corrected chi connectivity index (χ3v) is 7.35. The number of nitrogens with one attached hydrogen (secondary N) is 1. The number of allylic oxidation sites excluding steroid dienone is 6. The molecule has 0 radical (unpaired) electrons. The van der Waals surface area contributed by atoms with Gasteiger partial charge in [0.2, 0.25) is 5.91 Å². The summed E-state index contributed by atoms with van der Waals surface area (Å²) in [5.74, 6) is -0.0798. The number of Topliss-reactive ketones (excluding diaryl/α,β-unsaturated/α-hetero) is 2. The smallest absolute Gasteiger partial charge is 0.244 e. The number of benzene rings is 2. The van der Waals surface area contributed by atoms with Crippen molar-refractivity contribution in [2.45, 2.75) is 72.3 Å². The van der Waals surface area contributed by atoms with Crippen LogP contribution in [0.5, 0.6) is 0 Å². The molecule has 0 fully saturated rings. The highest BCUT2D eigenvalue weighted by Gasteiger charge is 2.21. The minimum absolute atomic E-state index is 0.0117. The van der Waals surface area contributed by atoms with Crippen LogP contribution in [0.1, 0.15) is 81.0 Å². The lowest BCUT2D eigenvalue weighted by Gasteiger charge is -2.19. The Morgan fingerprint density at radius 1 is 1.05 bits per heavy atom. The Labute approximate surface area is 236 Å². The summed E-state index contributed by atoms with van der Waals surface area (Å²) in [6.45, 7) is 5.74. The van der Waals surface area contributed by atoms with E-state index in [1.807, 2.05) is 12.2 Å². The molecule has 1 amide bonds. The summed E-state index contributed by atoms with van der Waals surface area (Å²) in [7, 11) is 0. The van der Waals surface area contributed by atoms with Gasteiger partial charge in [-0.3, -0.25) is 9.59 Å². The van der Waals surface area contributed by atoms with Gasteiger partial charge < -0.3 is 14.7 Å². The van der Waals surface area contributed by atoms with Crippen molar-refractivity contribution in [1.82, 2.24) is 14.9 Å². The number of hydrogen-bond acceptors (Lipinski definition) is 4. The molecule has 1 aliphatic rings. The van der Waals surface area contributed by atoms with E-state index in [-0.39, 0.29) is 36.4 Å². The number of fused-ring (bicyclic) bond motifs is 1. The van der Waals surface area contributed by atoms with Crippen molar-refractivity contribution in [2.24, 2.45) is 5.92 Å². The molecule has 0 bridgehead atoms. The molecular weight excluding hydrogens is 498 g/mol. The topological polar surface area (TPSA) is 81.1 Å². The lowest BCUT2D eigenvalue weighted by molar-refractivity contribution is -0.121. The van der Waals surface area contributed by atoms with Crippen LogP contribution in [0.15, 0.2) is 78.8 Å². The van der Waals surface area contributed by atoms with Crippen LogP contribution in [0, 0.1) is 5.92 Å². The molecule has 2 aromatic carbocycles. The summed E-state index contributed by atoms with van der Waals surface area (Å²) < 4.78 is 1.67. The predicted molar refractivity (Wildman–Crippen MR) is 161 cm³/mol. The largest absolute Gasteiger partial charge is 0.328 e. The van der Waals surface area contributed by atoms with Gasteiger partial charge >= 0.3 is 0 Å². The first-order valence-corrected chi connectivity index (χ1v) is 14.3. The second-order valence-electron chi connectivity index (χ2n) is 10.6. The van der Waals surface area contributed by atoms with Crippen molar-refractivity contribution in [3.05, 3.63) is 95.7 Å². The van der Waals surface area contributed by atoms with E-state index in [0.717, 1.165) is 36.2 Å². The molecule has 6 nitrogen and oxygen atoms in total. The van der Waals surface area contributed by atoms with Gasteiger partial charge in [0.25, 0.3) is 0 Å². The van der Waals surface area contributed by atoms with E-state index >= 15 is 0 Å². The van der Waals surface area contributed by atoms with E-state index in [2.05, 4.69) is 78.8 Å². The number of rotatable bonds is 12. The van der Waals surface area contributed by atoms with Gasteiger partial charge in [0.15, 0.2) is 5.78 Å². The zero-order valence-electron chi connectivity index (χ0n) is 23.8. The van der Waals surface area contributed by atoms with Crippen LogP contribution in [-0.4, -0.2) is 27.0 Å². The number of carbonyl (C=O) groups is 3. The van der Waals surface area contributed by atoms with Gasteiger partial charge in [-0.25, -0.2) is 4.98 Å². The number of unbranched alkanes of at least 4 members (excludes halogenated alkanes) is 1. The number of aromatic nitrogens is 2. The molecule has 1 atom stereocenters. The summed E-state index contributed by atoms with van der Waals surface area (Å²) >= 11 is 0. The Hall–Kier alpha value is -4.06. The fourth-order valence-electron chi connectivity index (χ4n) is 5.12. The molecule has 1 N–H and O–H groups in total. The predicted octanol–water partition coefficient (Wildman–Crippen LogP) is 7.00. The van der Waals surface area contributed by atoms with E-state index in [9.17, 15) is 14.4 Å². The van der Waals surface area contributed by atoms with Gasteiger partial charge in [-0.1, -0.05) is 81.0 Å². The fraction of sp³-hybridized carbons (Fsp3) is 0.353. The Morgan fingerprint density at radius 2 is 1.85 bits per heavy atom. The summed E-state index contributed by atoms with van der Waals surface area (Å²) in [5.41, 5.74) is 4.43. The van der Waals surface area contributed by atoms with E-state index in [4.69, 9.17) is 0 Å². The quantitative estimate of drug-likeness (QED) is 0.252. The second-order valence-corrected chi connectivity index (χ2v) is 10.6. The Bertz CT molecular complexity index is 1470. The van der Waals surface area contributed by atoms with E-state index < -0.39 is 0 Å². The second kappa shape index (κ2) is 13.8. The number of hydrogen-bond donors (Lipinski definition) is 1. The van der Waals surface area contributed by atoms with Crippen LogP contribution in [0.25, 0.3) is 16.3 Å². The van der Waals surface area contributed by atoms with Crippen LogP contribution >= 0.6 is 0 Å². The molecule has 208 valence electrons. The third kappa shape index (κ3) is 7.32. The fourth-order valence-corrected chi connectivity index (χ4v) is 5.12. The van der Waals surface area contributed by atoms with Crippen molar-refractivity contribution < 1.29 is 14.4 Å². The Balaban J connectivity index is 1.47. The molecule has 3 aromatic rings. The molecular formula is C34H39N3O3. The minimum atomic E-state index is -0.192. The van der Waals surface area contributed by atoms with Crippen molar-refractivity contribution in [1.29, 1.82) is 0 Å². The molecule has 6 heteroatoms. The number of nitrogens with zero attached hydrogens (tertiary/aromatic N) is 2. The van der Waals surface area contributed by atoms with Crippen molar-refractivity contribution in [3.8, 4) is 0 Å². The van der Waals surface area contributed by atoms with Crippen LogP contribution in [0.3, 0.4) is 0 Å². The highest BCUT2D eigenvalue weighted by Crippen LogP contribution is 2.29. The third-order valence-electron chi connectivity index (χ3n) is 7.35. The Kier molecular flexibility index (Phi) is 10.0. The molecule has 0 saturated heterocycles. The normalized spacial score (nSPS) is 18.6. The molecule has 1 aromatic heterocycles. The number of ketones is 2. The summed E-state index contributed by atoms with van der Waals surface area (Å²) in [6, 6.07) is 14.7. The molecule has 0 spiro atoms. The first-order valence-electron chi connectivity index (χ1n) is 14.3. The van der Waals surface area contributed by atoms with Gasteiger partial charge in [0.1, 0.15) is 18.0 Å². The first-order chi connectivity index (χ1) is 19.4. The lowest BCUT2D eigenvalue weighted by atomic mass is 9.93. The first kappa shape index (κ1) is 28.9. The molecule has 1 aliphatic carbocycles. The van der Waals surface area contributed by atoms with Crippen molar-refractivity contribution >= 4 is 33.8 Å². The van der Waals surface area contributed by atoms with Gasteiger partial charge in [-0.2, -0.15) is 0 Å². The maximum absolute atomic E-state index is 13.2. The van der Waals surface area contributed by atoms with E-state index in [1.165, 1.54) is 23.3 Å². The summed E-state index contributed by atoms with van der Waals surface area (Å²) in [5, 5.41) is 5.51. The SMILES string of the molecule is CCCCc1ncn(CC(=O)N/C2=C/C=C\C(c3cccc4ccccc34)=C\CC2C)c1C(=O)CCCC(C)=O. The minimum Gasteiger partial charge on any atom is -0.328 e. The van der Waals surface area contributed by atoms with Gasteiger partial charge in [0.05, 0.1) is 12.0 Å². The number of aryl methyl sites for hydroxylation is 1.